The van der Waals surface area contributed by atoms with Crippen molar-refractivity contribution in [1.29, 1.82) is 0 Å². The van der Waals surface area contributed by atoms with E-state index in [9.17, 15) is 4.79 Å². The van der Waals surface area contributed by atoms with Crippen LogP contribution in [0.2, 0.25) is 0 Å². The van der Waals surface area contributed by atoms with Gasteiger partial charge in [0.2, 0.25) is 5.91 Å². The molecule has 3 heteroatoms. The summed E-state index contributed by atoms with van der Waals surface area (Å²) < 4.78 is 5.36. The van der Waals surface area contributed by atoms with E-state index in [2.05, 4.69) is 29.6 Å². The molecule has 1 aliphatic rings. The van der Waals surface area contributed by atoms with Crippen LogP contribution in [0.1, 0.15) is 23.1 Å². The van der Waals surface area contributed by atoms with Crippen molar-refractivity contribution in [3.05, 3.63) is 71.3 Å². The molecule has 25 heavy (non-hydrogen) atoms. The summed E-state index contributed by atoms with van der Waals surface area (Å²) in [6.07, 6.45) is 3.29. The Morgan fingerprint density at radius 3 is 2.64 bits per heavy atom. The Morgan fingerprint density at radius 1 is 1.00 bits per heavy atom. The molecule has 0 unspecified atom stereocenters. The third kappa shape index (κ3) is 2.98. The van der Waals surface area contributed by atoms with Crippen LogP contribution in [0, 0.1) is 0 Å². The Hall–Kier alpha value is -2.81. The molecule has 1 aliphatic carbocycles. The van der Waals surface area contributed by atoms with Crippen LogP contribution in [0.25, 0.3) is 10.8 Å². The summed E-state index contributed by atoms with van der Waals surface area (Å²) in [7, 11) is 1.66. The topological polar surface area (TPSA) is 38.3 Å². The molecule has 1 amide bonds. The molecule has 3 aromatic rings. The van der Waals surface area contributed by atoms with Crippen LogP contribution < -0.4 is 10.1 Å². The zero-order valence-electron chi connectivity index (χ0n) is 14.3. The molecule has 0 aliphatic heterocycles. The minimum atomic E-state index is 0.0320. The van der Waals surface area contributed by atoms with Gasteiger partial charge in [0.25, 0.3) is 0 Å². The largest absolute Gasteiger partial charge is 0.496 e. The Bertz CT molecular complexity index is 936. The van der Waals surface area contributed by atoms with E-state index in [1.165, 1.54) is 16.5 Å². The molecule has 4 rings (SSSR count). The maximum absolute atomic E-state index is 12.5. The van der Waals surface area contributed by atoms with Gasteiger partial charge in [-0.05, 0) is 53.5 Å². The number of carbonyl (C=O) groups is 1. The van der Waals surface area contributed by atoms with Gasteiger partial charge in [0.05, 0.1) is 7.11 Å². The first kappa shape index (κ1) is 15.7. The lowest BCUT2D eigenvalue weighted by Crippen LogP contribution is -2.13. The lowest BCUT2D eigenvalue weighted by Gasteiger charge is -2.11. The summed E-state index contributed by atoms with van der Waals surface area (Å²) in [5.74, 6) is 0.866. The SMILES string of the molecule is COc1ccccc1CCC(=O)Nc1ccc2c3c(cccc13)CC2. The molecule has 0 fully saturated rings. The fourth-order valence-corrected chi connectivity index (χ4v) is 3.73. The van der Waals surface area contributed by atoms with Crippen LogP contribution in [0.15, 0.2) is 54.6 Å². The zero-order chi connectivity index (χ0) is 17.2. The van der Waals surface area contributed by atoms with Crippen LogP contribution in [-0.4, -0.2) is 13.0 Å². The number of nitrogens with one attached hydrogen (secondary N) is 1. The fourth-order valence-electron chi connectivity index (χ4n) is 3.73. The Balaban J connectivity index is 1.51. The highest BCUT2D eigenvalue weighted by Crippen LogP contribution is 2.35. The number of anilines is 1. The summed E-state index contributed by atoms with van der Waals surface area (Å²) in [5.41, 5.74) is 4.74. The highest BCUT2D eigenvalue weighted by Gasteiger charge is 2.16. The van der Waals surface area contributed by atoms with Crippen molar-refractivity contribution in [2.45, 2.75) is 25.7 Å². The zero-order valence-corrected chi connectivity index (χ0v) is 14.3. The van der Waals surface area contributed by atoms with Gasteiger partial charge in [-0.1, -0.05) is 42.5 Å². The van der Waals surface area contributed by atoms with E-state index < -0.39 is 0 Å². The van der Waals surface area contributed by atoms with Crippen LogP contribution in [-0.2, 0) is 24.1 Å². The fraction of sp³-hybridized carbons (Fsp3) is 0.227. The number of para-hydroxylation sites is 1. The van der Waals surface area contributed by atoms with Crippen LogP contribution in [0.5, 0.6) is 5.75 Å². The number of carbonyl (C=O) groups excluding carboxylic acids is 1. The van der Waals surface area contributed by atoms with Gasteiger partial charge >= 0.3 is 0 Å². The standard InChI is InChI=1S/C22H21NO2/c1-25-20-8-3-2-5-15(20)12-14-21(24)23-19-13-11-17-10-9-16-6-4-7-18(19)22(16)17/h2-8,11,13H,9-10,12,14H2,1H3,(H,23,24). The van der Waals surface area contributed by atoms with E-state index >= 15 is 0 Å². The van der Waals surface area contributed by atoms with Gasteiger partial charge in [-0.15, -0.1) is 0 Å². The van der Waals surface area contributed by atoms with Crippen molar-refractivity contribution in [3.63, 3.8) is 0 Å². The number of rotatable bonds is 5. The molecule has 0 spiro atoms. The molecule has 0 radical (unpaired) electrons. The molecule has 0 atom stereocenters. The number of aryl methyl sites for hydroxylation is 3. The highest BCUT2D eigenvalue weighted by molar-refractivity contribution is 6.05. The predicted molar refractivity (Wildman–Crippen MR) is 101 cm³/mol. The second kappa shape index (κ2) is 6.60. The third-order valence-corrected chi connectivity index (χ3v) is 4.96. The van der Waals surface area contributed by atoms with E-state index in [0.29, 0.717) is 12.8 Å². The first-order valence-electron chi connectivity index (χ1n) is 8.71. The first-order chi connectivity index (χ1) is 12.3. The number of benzene rings is 3. The maximum atomic E-state index is 12.5. The molecule has 3 aromatic carbocycles. The van der Waals surface area contributed by atoms with E-state index in [1.54, 1.807) is 7.11 Å². The predicted octanol–water partition coefficient (Wildman–Crippen LogP) is 4.52. The van der Waals surface area contributed by atoms with Gasteiger partial charge in [0.15, 0.2) is 0 Å². The van der Waals surface area contributed by atoms with Crippen molar-refractivity contribution in [1.82, 2.24) is 0 Å². The Labute approximate surface area is 147 Å². The minimum Gasteiger partial charge on any atom is -0.496 e. The highest BCUT2D eigenvalue weighted by atomic mass is 16.5. The van der Waals surface area contributed by atoms with Crippen molar-refractivity contribution < 1.29 is 9.53 Å². The van der Waals surface area contributed by atoms with Crippen molar-refractivity contribution >= 4 is 22.4 Å². The number of hydrogen-bond acceptors (Lipinski definition) is 2. The first-order valence-corrected chi connectivity index (χ1v) is 8.71. The van der Waals surface area contributed by atoms with E-state index in [4.69, 9.17) is 4.74 Å². The van der Waals surface area contributed by atoms with Crippen LogP contribution in [0.3, 0.4) is 0 Å². The number of ether oxygens (including phenoxy) is 1. The normalized spacial score (nSPS) is 12.4. The van der Waals surface area contributed by atoms with Gasteiger partial charge in [0.1, 0.15) is 5.75 Å². The second-order valence-electron chi connectivity index (χ2n) is 6.47. The summed E-state index contributed by atoms with van der Waals surface area (Å²) in [6.45, 7) is 0. The molecule has 0 bridgehead atoms. The van der Waals surface area contributed by atoms with E-state index in [1.807, 2.05) is 30.3 Å². The minimum absolute atomic E-state index is 0.0320. The molecule has 1 N–H and O–H groups in total. The van der Waals surface area contributed by atoms with Crippen molar-refractivity contribution in [2.75, 3.05) is 12.4 Å². The van der Waals surface area contributed by atoms with Gasteiger partial charge in [0, 0.05) is 17.5 Å². The molecular weight excluding hydrogens is 310 g/mol. The molecule has 0 aromatic heterocycles. The number of hydrogen-bond donors (Lipinski definition) is 1. The number of methoxy groups -OCH3 is 1. The van der Waals surface area contributed by atoms with Gasteiger partial charge in [-0.3, -0.25) is 4.79 Å². The van der Waals surface area contributed by atoms with E-state index in [0.717, 1.165) is 35.2 Å². The summed E-state index contributed by atoms with van der Waals surface area (Å²) >= 11 is 0. The molecule has 0 saturated carbocycles. The third-order valence-electron chi connectivity index (χ3n) is 4.96. The summed E-state index contributed by atoms with van der Waals surface area (Å²) in [6, 6.07) is 18.4. The molecule has 3 nitrogen and oxygen atoms in total. The lowest BCUT2D eigenvalue weighted by molar-refractivity contribution is -0.116. The molecule has 0 saturated heterocycles. The lowest BCUT2D eigenvalue weighted by atomic mass is 10.0. The smallest absolute Gasteiger partial charge is 0.224 e. The Kier molecular flexibility index (Phi) is 4.14. The van der Waals surface area contributed by atoms with Gasteiger partial charge in [-0.2, -0.15) is 0 Å². The van der Waals surface area contributed by atoms with Crippen molar-refractivity contribution in [3.8, 4) is 5.75 Å². The summed E-state index contributed by atoms with van der Waals surface area (Å²) in [4.78, 5) is 12.5. The van der Waals surface area contributed by atoms with Gasteiger partial charge < -0.3 is 10.1 Å². The Morgan fingerprint density at radius 2 is 1.80 bits per heavy atom. The summed E-state index contributed by atoms with van der Waals surface area (Å²) in [5, 5.41) is 5.57. The quantitative estimate of drug-likeness (QED) is 0.746. The monoisotopic (exact) mass is 331 g/mol. The second-order valence-corrected chi connectivity index (χ2v) is 6.47. The van der Waals surface area contributed by atoms with Crippen molar-refractivity contribution in [2.24, 2.45) is 0 Å². The average Bonchev–Trinajstić information content (AvgIpc) is 3.07. The van der Waals surface area contributed by atoms with Crippen LogP contribution >= 0.6 is 0 Å². The number of amides is 1. The van der Waals surface area contributed by atoms with E-state index in [-0.39, 0.29) is 5.91 Å². The molecular formula is C22H21NO2. The van der Waals surface area contributed by atoms with Gasteiger partial charge in [-0.25, -0.2) is 0 Å². The molecule has 126 valence electrons. The average molecular weight is 331 g/mol. The van der Waals surface area contributed by atoms with Crippen LogP contribution in [0.4, 0.5) is 5.69 Å². The maximum Gasteiger partial charge on any atom is 0.224 e. The molecule has 0 heterocycles.